The van der Waals surface area contributed by atoms with Crippen molar-refractivity contribution in [3.05, 3.63) is 70.9 Å². The number of thioether (sulfide) groups is 1. The minimum absolute atomic E-state index is 0.423. The SMILES string of the molecule is CSc1nnc2c(n1)OC(c1ccc(-c3cccc(Br)c3)o1)Nc1ccccc1-2. The molecule has 0 saturated carbocycles. The second kappa shape index (κ2) is 7.53. The van der Waals surface area contributed by atoms with Crippen molar-refractivity contribution in [2.45, 2.75) is 11.4 Å². The Bertz CT molecular complexity index is 1200. The van der Waals surface area contributed by atoms with Gasteiger partial charge in [0.1, 0.15) is 5.76 Å². The summed E-state index contributed by atoms with van der Waals surface area (Å²) in [4.78, 5) is 4.52. The molecule has 0 aliphatic carbocycles. The number of fused-ring (bicyclic) bond motifs is 3. The lowest BCUT2D eigenvalue weighted by molar-refractivity contribution is 0.196. The zero-order valence-corrected chi connectivity index (χ0v) is 17.7. The van der Waals surface area contributed by atoms with Crippen molar-refractivity contribution in [3.8, 4) is 28.5 Å². The third-order valence-electron chi connectivity index (χ3n) is 4.51. The molecule has 5 rings (SSSR count). The highest BCUT2D eigenvalue weighted by Crippen LogP contribution is 2.40. The summed E-state index contributed by atoms with van der Waals surface area (Å²) < 4.78 is 13.3. The summed E-state index contributed by atoms with van der Waals surface area (Å²) in [7, 11) is 0. The molecule has 1 aliphatic rings. The first-order chi connectivity index (χ1) is 14.2. The number of benzene rings is 2. The normalized spacial score (nSPS) is 14.9. The average molecular weight is 467 g/mol. The Balaban J connectivity index is 1.57. The molecule has 2 aromatic heterocycles. The van der Waals surface area contributed by atoms with Gasteiger partial charge in [0.25, 0.3) is 0 Å². The Hall–Kier alpha value is -2.84. The van der Waals surface area contributed by atoms with Crippen LogP contribution >= 0.6 is 27.7 Å². The van der Waals surface area contributed by atoms with Crippen LogP contribution in [0.1, 0.15) is 12.0 Å². The van der Waals surface area contributed by atoms with E-state index < -0.39 is 6.23 Å². The van der Waals surface area contributed by atoms with Crippen molar-refractivity contribution in [2.24, 2.45) is 0 Å². The van der Waals surface area contributed by atoms with Crippen LogP contribution in [0.4, 0.5) is 5.69 Å². The molecule has 0 spiro atoms. The largest absolute Gasteiger partial charge is 0.455 e. The van der Waals surface area contributed by atoms with E-state index in [9.17, 15) is 0 Å². The summed E-state index contributed by atoms with van der Waals surface area (Å²) in [5.41, 5.74) is 3.35. The van der Waals surface area contributed by atoms with E-state index in [-0.39, 0.29) is 0 Å². The van der Waals surface area contributed by atoms with E-state index in [4.69, 9.17) is 9.15 Å². The minimum Gasteiger partial charge on any atom is -0.455 e. The standard InChI is InChI=1S/C21H15BrN4O2S/c1-29-21-24-20-18(25-26-21)14-7-2-3-8-15(14)23-19(28-20)17-10-9-16(27-17)12-5-4-6-13(22)11-12/h2-11,19,23H,1H3. The smallest absolute Gasteiger partial charge is 0.247 e. The maximum Gasteiger partial charge on any atom is 0.247 e. The van der Waals surface area contributed by atoms with Gasteiger partial charge in [0.05, 0.1) is 0 Å². The number of aromatic nitrogens is 3. The predicted molar refractivity (Wildman–Crippen MR) is 116 cm³/mol. The molecule has 1 atom stereocenters. The number of anilines is 1. The molecule has 2 aromatic carbocycles. The van der Waals surface area contributed by atoms with Gasteiger partial charge in [0.15, 0.2) is 11.5 Å². The van der Waals surface area contributed by atoms with Gasteiger partial charge >= 0.3 is 0 Å². The second-order valence-corrected chi connectivity index (χ2v) is 8.04. The van der Waals surface area contributed by atoms with Crippen molar-refractivity contribution >= 4 is 33.4 Å². The van der Waals surface area contributed by atoms with E-state index in [1.165, 1.54) is 11.8 Å². The van der Waals surface area contributed by atoms with Gasteiger partial charge in [0, 0.05) is 21.3 Å². The maximum absolute atomic E-state index is 6.20. The zero-order chi connectivity index (χ0) is 19.8. The van der Waals surface area contributed by atoms with Crippen LogP contribution in [-0.4, -0.2) is 21.4 Å². The van der Waals surface area contributed by atoms with E-state index in [2.05, 4.69) is 36.4 Å². The molecular formula is C21H15BrN4O2S. The quantitative estimate of drug-likeness (QED) is 0.383. The van der Waals surface area contributed by atoms with Gasteiger partial charge in [-0.25, -0.2) is 0 Å². The van der Waals surface area contributed by atoms with Crippen molar-refractivity contribution in [2.75, 3.05) is 11.6 Å². The van der Waals surface area contributed by atoms with Crippen molar-refractivity contribution in [1.82, 2.24) is 15.2 Å². The maximum atomic E-state index is 6.20. The van der Waals surface area contributed by atoms with E-state index in [1.807, 2.05) is 66.9 Å². The van der Waals surface area contributed by atoms with E-state index >= 15 is 0 Å². The number of nitrogens with one attached hydrogen (secondary N) is 1. The third kappa shape index (κ3) is 3.49. The molecule has 3 heterocycles. The number of nitrogens with zero attached hydrogens (tertiary/aromatic N) is 3. The van der Waals surface area contributed by atoms with E-state index in [1.54, 1.807) is 0 Å². The summed E-state index contributed by atoms with van der Waals surface area (Å²) in [6, 6.07) is 19.7. The number of halogens is 1. The average Bonchev–Trinajstić information content (AvgIpc) is 3.18. The van der Waals surface area contributed by atoms with Crippen LogP contribution in [0, 0.1) is 0 Å². The topological polar surface area (TPSA) is 73.1 Å². The van der Waals surface area contributed by atoms with E-state index in [0.717, 1.165) is 27.0 Å². The summed E-state index contributed by atoms with van der Waals surface area (Å²) in [5.74, 6) is 1.83. The highest BCUT2D eigenvalue weighted by molar-refractivity contribution is 9.10. The first kappa shape index (κ1) is 18.2. The molecule has 0 fully saturated rings. The van der Waals surface area contributed by atoms with Crippen molar-refractivity contribution in [3.63, 3.8) is 0 Å². The van der Waals surface area contributed by atoms with Gasteiger partial charge in [-0.15, -0.1) is 10.2 Å². The monoisotopic (exact) mass is 466 g/mol. The molecule has 8 heteroatoms. The van der Waals surface area contributed by atoms with Gasteiger partial charge in [-0.1, -0.05) is 58.0 Å². The van der Waals surface area contributed by atoms with Crippen LogP contribution < -0.4 is 10.1 Å². The third-order valence-corrected chi connectivity index (χ3v) is 5.54. The van der Waals surface area contributed by atoms with E-state index in [0.29, 0.717) is 22.5 Å². The Morgan fingerprint density at radius 2 is 1.93 bits per heavy atom. The fraction of sp³-hybridized carbons (Fsp3) is 0.0952. The molecule has 0 amide bonds. The summed E-state index contributed by atoms with van der Waals surface area (Å²) >= 11 is 4.92. The predicted octanol–water partition coefficient (Wildman–Crippen LogP) is 5.79. The van der Waals surface area contributed by atoms with Gasteiger partial charge in [-0.3, -0.25) is 0 Å². The van der Waals surface area contributed by atoms with Crippen molar-refractivity contribution < 1.29 is 9.15 Å². The van der Waals surface area contributed by atoms with Crippen LogP contribution in [-0.2, 0) is 0 Å². The fourth-order valence-electron chi connectivity index (χ4n) is 3.15. The minimum atomic E-state index is -0.551. The van der Waals surface area contributed by atoms with Gasteiger partial charge in [-0.05, 0) is 36.6 Å². The number of furan rings is 1. The molecule has 29 heavy (non-hydrogen) atoms. The molecule has 4 aromatic rings. The molecule has 0 bridgehead atoms. The lowest BCUT2D eigenvalue weighted by atomic mass is 10.1. The molecule has 1 aliphatic heterocycles. The highest BCUT2D eigenvalue weighted by Gasteiger charge is 2.27. The Kier molecular flexibility index (Phi) is 4.73. The number of ether oxygens (including phenoxy) is 1. The zero-order valence-electron chi connectivity index (χ0n) is 15.3. The molecule has 0 saturated heterocycles. The van der Waals surface area contributed by atoms with Crippen LogP contribution in [0.25, 0.3) is 22.6 Å². The lowest BCUT2D eigenvalue weighted by Crippen LogP contribution is -2.16. The van der Waals surface area contributed by atoms with Crippen LogP contribution in [0.2, 0.25) is 0 Å². The first-order valence-corrected chi connectivity index (χ1v) is 10.9. The number of para-hydroxylation sites is 1. The molecule has 6 nitrogen and oxygen atoms in total. The summed E-state index contributed by atoms with van der Waals surface area (Å²) in [6.07, 6.45) is 1.35. The fourth-order valence-corrected chi connectivity index (χ4v) is 3.85. The van der Waals surface area contributed by atoms with Crippen LogP contribution in [0.3, 0.4) is 0 Å². The van der Waals surface area contributed by atoms with Gasteiger partial charge in [-0.2, -0.15) is 4.98 Å². The number of hydrogen-bond donors (Lipinski definition) is 1. The second-order valence-electron chi connectivity index (χ2n) is 6.35. The Labute approximate surface area is 179 Å². The Morgan fingerprint density at radius 3 is 2.79 bits per heavy atom. The molecule has 0 radical (unpaired) electrons. The number of rotatable bonds is 3. The van der Waals surface area contributed by atoms with Crippen LogP contribution in [0.15, 0.2) is 74.7 Å². The summed E-state index contributed by atoms with van der Waals surface area (Å²) in [6.45, 7) is 0. The van der Waals surface area contributed by atoms with Gasteiger partial charge in [0.2, 0.25) is 17.3 Å². The Morgan fingerprint density at radius 1 is 1.03 bits per heavy atom. The number of hydrogen-bond acceptors (Lipinski definition) is 7. The van der Waals surface area contributed by atoms with Crippen molar-refractivity contribution in [1.29, 1.82) is 0 Å². The summed E-state index contributed by atoms with van der Waals surface area (Å²) in [5, 5.41) is 12.5. The first-order valence-electron chi connectivity index (χ1n) is 8.88. The molecule has 144 valence electrons. The van der Waals surface area contributed by atoms with Crippen LogP contribution in [0.5, 0.6) is 5.88 Å². The highest BCUT2D eigenvalue weighted by atomic mass is 79.9. The van der Waals surface area contributed by atoms with Gasteiger partial charge < -0.3 is 14.5 Å². The molecular weight excluding hydrogens is 452 g/mol. The molecule has 1 unspecified atom stereocenters. The lowest BCUT2D eigenvalue weighted by Gasteiger charge is -2.16. The molecule has 1 N–H and O–H groups in total.